The first-order chi connectivity index (χ1) is 14.3. The molecule has 0 unspecified atom stereocenters. The van der Waals surface area contributed by atoms with Crippen LogP contribution in [0.3, 0.4) is 0 Å². The first-order valence-electron chi connectivity index (χ1n) is 8.65. The van der Waals surface area contributed by atoms with Crippen LogP contribution < -0.4 is 5.32 Å². The molecule has 0 radical (unpaired) electrons. The van der Waals surface area contributed by atoms with Crippen LogP contribution in [0.25, 0.3) is 0 Å². The molecule has 1 aromatic heterocycles. The summed E-state index contributed by atoms with van der Waals surface area (Å²) in [6.45, 7) is -1.24. The number of hydrogen-bond donors (Lipinski definition) is 1. The van der Waals surface area contributed by atoms with E-state index in [0.29, 0.717) is 11.8 Å². The Morgan fingerprint density at radius 3 is 2.42 bits per heavy atom. The van der Waals surface area contributed by atoms with Crippen molar-refractivity contribution in [1.29, 1.82) is 0 Å². The van der Waals surface area contributed by atoms with Crippen molar-refractivity contribution in [2.45, 2.75) is 12.7 Å². The summed E-state index contributed by atoms with van der Waals surface area (Å²) in [6.07, 6.45) is -2.44. The maximum absolute atomic E-state index is 13.0. The summed E-state index contributed by atoms with van der Waals surface area (Å²) in [5.74, 6) is -1.17. The Bertz CT molecular complexity index is 1040. The van der Waals surface area contributed by atoms with Crippen molar-refractivity contribution in [2.75, 3.05) is 31.7 Å². The van der Waals surface area contributed by atoms with Gasteiger partial charge in [-0.1, -0.05) is 11.6 Å². The van der Waals surface area contributed by atoms with E-state index in [2.05, 4.69) is 5.32 Å². The molecule has 0 spiro atoms. The van der Waals surface area contributed by atoms with E-state index in [1.807, 2.05) is 0 Å². The highest BCUT2D eigenvalue weighted by Crippen LogP contribution is 2.36. The van der Waals surface area contributed by atoms with Crippen molar-refractivity contribution in [2.24, 2.45) is 0 Å². The monoisotopic (exact) mass is 481 g/mol. The summed E-state index contributed by atoms with van der Waals surface area (Å²) >= 11 is 5.56. The number of nitrogens with one attached hydrogen (secondary N) is 1. The number of sulfonamides is 1. The predicted octanol–water partition coefficient (Wildman–Crippen LogP) is 2.81. The van der Waals surface area contributed by atoms with Crippen LogP contribution in [0.5, 0.6) is 0 Å². The van der Waals surface area contributed by atoms with Gasteiger partial charge in [0.25, 0.3) is 0 Å². The minimum absolute atomic E-state index is 0.148. The van der Waals surface area contributed by atoms with Gasteiger partial charge in [0.15, 0.2) is 0 Å². The van der Waals surface area contributed by atoms with Crippen molar-refractivity contribution in [3.63, 3.8) is 0 Å². The molecule has 0 atom stereocenters. The third kappa shape index (κ3) is 7.26. The number of likely N-dealkylation sites (N-methyl/N-ethyl adjacent to an activating group) is 1. The number of nitrogens with zero attached hydrogens (tertiary/aromatic N) is 2. The summed E-state index contributed by atoms with van der Waals surface area (Å²) in [5.41, 5.74) is -1.29. The Kier molecular flexibility index (Phi) is 7.73. The predicted molar refractivity (Wildman–Crippen MR) is 107 cm³/mol. The molecule has 1 aromatic carbocycles. The molecule has 31 heavy (non-hydrogen) atoms. The Hall–Kier alpha value is -2.57. The van der Waals surface area contributed by atoms with E-state index in [9.17, 15) is 31.2 Å². The molecule has 8 nitrogen and oxygen atoms in total. The lowest BCUT2D eigenvalue weighted by atomic mass is 10.2. The maximum atomic E-state index is 13.0. The van der Waals surface area contributed by atoms with Gasteiger partial charge in [0.05, 0.1) is 36.2 Å². The molecule has 1 heterocycles. The summed E-state index contributed by atoms with van der Waals surface area (Å²) in [6, 6.07) is 5.97. The summed E-state index contributed by atoms with van der Waals surface area (Å²) in [5, 5.41) is 1.75. The number of benzene rings is 1. The van der Waals surface area contributed by atoms with E-state index < -0.39 is 51.7 Å². The lowest BCUT2D eigenvalue weighted by Crippen LogP contribution is -2.43. The number of rotatable bonds is 8. The first-order valence-corrected chi connectivity index (χ1v) is 10.9. The van der Waals surface area contributed by atoms with Gasteiger partial charge in [-0.05, 0) is 30.3 Å². The normalized spacial score (nSPS) is 12.1. The molecule has 0 aliphatic rings. The minimum atomic E-state index is -4.71. The molecule has 0 saturated heterocycles. The number of carbonyl (C=O) groups excluding carboxylic acids is 2. The molecule has 0 bridgehead atoms. The molecule has 170 valence electrons. The number of hydrogen-bond acceptors (Lipinski definition) is 5. The van der Waals surface area contributed by atoms with Gasteiger partial charge >= 0.3 is 6.18 Å². The molecular formula is C18H19ClF3N3O5S. The van der Waals surface area contributed by atoms with Gasteiger partial charge in [-0.3, -0.25) is 9.59 Å². The van der Waals surface area contributed by atoms with Gasteiger partial charge in [0.2, 0.25) is 21.8 Å². The van der Waals surface area contributed by atoms with E-state index in [-0.39, 0.29) is 12.2 Å². The van der Waals surface area contributed by atoms with Crippen molar-refractivity contribution >= 4 is 39.1 Å². The number of halogens is 4. The molecule has 0 saturated carbocycles. The van der Waals surface area contributed by atoms with Crippen molar-refractivity contribution < 1.29 is 35.6 Å². The van der Waals surface area contributed by atoms with Crippen LogP contribution in [-0.2, 0) is 32.3 Å². The van der Waals surface area contributed by atoms with E-state index in [1.54, 1.807) is 12.1 Å². The smallest absolute Gasteiger partial charge is 0.417 e. The van der Waals surface area contributed by atoms with Crippen LogP contribution in [0.1, 0.15) is 11.3 Å². The van der Waals surface area contributed by atoms with E-state index in [0.717, 1.165) is 21.5 Å². The van der Waals surface area contributed by atoms with Crippen LogP contribution in [-0.4, -0.2) is 55.8 Å². The van der Waals surface area contributed by atoms with Gasteiger partial charge in [-0.25, -0.2) is 8.42 Å². The minimum Gasteiger partial charge on any atom is -0.467 e. The van der Waals surface area contributed by atoms with Crippen LogP contribution >= 0.6 is 11.6 Å². The molecule has 2 rings (SSSR count). The van der Waals surface area contributed by atoms with Crippen molar-refractivity contribution in [3.05, 3.63) is 52.9 Å². The zero-order valence-corrected chi connectivity index (χ0v) is 18.0. The highest BCUT2D eigenvalue weighted by Gasteiger charge is 2.33. The van der Waals surface area contributed by atoms with Gasteiger partial charge < -0.3 is 14.6 Å². The molecule has 0 aliphatic carbocycles. The maximum Gasteiger partial charge on any atom is 0.417 e. The zero-order valence-electron chi connectivity index (χ0n) is 16.4. The topological polar surface area (TPSA) is 99.9 Å². The fourth-order valence-corrected chi connectivity index (χ4v) is 2.99. The molecule has 0 fully saturated rings. The Balaban J connectivity index is 2.16. The zero-order chi connectivity index (χ0) is 23.4. The molecule has 13 heteroatoms. The largest absolute Gasteiger partial charge is 0.467 e. The number of furan rings is 1. The van der Waals surface area contributed by atoms with Crippen molar-refractivity contribution in [3.8, 4) is 0 Å². The number of amides is 2. The van der Waals surface area contributed by atoms with Crippen LogP contribution in [0.2, 0.25) is 5.02 Å². The van der Waals surface area contributed by atoms with E-state index in [1.165, 1.54) is 19.4 Å². The second-order valence-corrected chi connectivity index (χ2v) is 9.09. The van der Waals surface area contributed by atoms with Gasteiger partial charge in [0, 0.05) is 12.7 Å². The van der Waals surface area contributed by atoms with Crippen LogP contribution in [0.15, 0.2) is 41.0 Å². The highest BCUT2D eigenvalue weighted by molar-refractivity contribution is 7.88. The third-order valence-electron chi connectivity index (χ3n) is 4.09. The average molecular weight is 482 g/mol. The average Bonchev–Trinajstić information content (AvgIpc) is 3.14. The van der Waals surface area contributed by atoms with Gasteiger partial charge in [-0.2, -0.15) is 17.5 Å². The fourth-order valence-electron chi connectivity index (χ4n) is 2.42. The SMILES string of the molecule is CN(CC(=O)N(CC(=O)Nc1ccc(Cl)c(C(F)(F)F)c1)Cc1ccco1)S(C)(=O)=O. The standard InChI is InChI=1S/C18H19ClF3N3O5S/c1-24(31(2,28)29)11-17(27)25(9-13-4-3-7-30-13)10-16(26)23-12-5-6-15(19)14(8-12)18(20,21)22/h3-8H,9-11H2,1-2H3,(H,23,26). The second kappa shape index (κ2) is 9.71. The van der Waals surface area contributed by atoms with E-state index in [4.69, 9.17) is 16.0 Å². The highest BCUT2D eigenvalue weighted by atomic mass is 35.5. The van der Waals surface area contributed by atoms with E-state index >= 15 is 0 Å². The Morgan fingerprint density at radius 2 is 1.87 bits per heavy atom. The lowest BCUT2D eigenvalue weighted by molar-refractivity contribution is -0.137. The molecule has 1 N–H and O–H groups in total. The lowest BCUT2D eigenvalue weighted by Gasteiger charge is -2.23. The number of carbonyl (C=O) groups is 2. The number of anilines is 1. The number of alkyl halides is 3. The molecule has 0 aliphatic heterocycles. The molecular weight excluding hydrogens is 463 g/mol. The molecule has 2 aromatic rings. The molecule has 2 amide bonds. The first kappa shape index (κ1) is 24.7. The quantitative estimate of drug-likeness (QED) is 0.625. The fraction of sp³-hybridized carbons (Fsp3) is 0.333. The van der Waals surface area contributed by atoms with Gasteiger partial charge in [-0.15, -0.1) is 0 Å². The van der Waals surface area contributed by atoms with Gasteiger partial charge in [0.1, 0.15) is 12.3 Å². The third-order valence-corrected chi connectivity index (χ3v) is 5.68. The Morgan fingerprint density at radius 1 is 1.19 bits per heavy atom. The summed E-state index contributed by atoms with van der Waals surface area (Å²) in [4.78, 5) is 26.0. The summed E-state index contributed by atoms with van der Waals surface area (Å²) < 4.78 is 68.1. The second-order valence-electron chi connectivity index (χ2n) is 6.59. The van der Waals surface area contributed by atoms with Crippen molar-refractivity contribution in [1.82, 2.24) is 9.21 Å². The summed E-state index contributed by atoms with van der Waals surface area (Å²) in [7, 11) is -2.45. The van der Waals surface area contributed by atoms with Crippen LogP contribution in [0.4, 0.5) is 18.9 Å². The van der Waals surface area contributed by atoms with Crippen LogP contribution in [0, 0.1) is 0 Å². The Labute approximate surface area is 181 Å².